The minimum absolute atomic E-state index is 0.264. The van der Waals surface area contributed by atoms with Crippen molar-refractivity contribution in [2.45, 2.75) is 81.4 Å². The number of rotatable bonds is 4. The van der Waals surface area contributed by atoms with Crippen molar-refractivity contribution in [3.05, 3.63) is 71.4 Å². The Morgan fingerprint density at radius 1 is 0.875 bits per heavy atom. The third-order valence-corrected chi connectivity index (χ3v) is 14.0. The second-order valence-corrected chi connectivity index (χ2v) is 26.5. The molecule has 1 nitrogen and oxygen atoms in total. The van der Waals surface area contributed by atoms with Gasteiger partial charge in [0.2, 0.25) is 0 Å². The van der Waals surface area contributed by atoms with E-state index >= 15 is 0 Å². The number of hydrogen-bond donors (Lipinski definition) is 0. The topological polar surface area (TPSA) is 3.88 Å². The molecule has 0 aliphatic carbocycles. The van der Waals surface area contributed by atoms with Crippen LogP contribution in [0.15, 0.2) is 64.5 Å². The molecule has 0 radical (unpaired) electrons. The molecule has 5 aromatic rings. The van der Waals surface area contributed by atoms with Gasteiger partial charge in [0.15, 0.2) is 0 Å². The molecule has 1 aromatic heterocycles. The first-order chi connectivity index (χ1) is 18.7. The number of benzene rings is 4. The Bertz CT molecular complexity index is 1830. The fourth-order valence-electron chi connectivity index (χ4n) is 6.68. The third kappa shape index (κ3) is 4.69. The molecule has 0 N–H and O–H groups in total. The molecular weight excluding hydrogens is 563 g/mol. The van der Waals surface area contributed by atoms with Gasteiger partial charge in [-0.3, -0.25) is 0 Å². The van der Waals surface area contributed by atoms with Crippen LogP contribution >= 0.6 is 11.8 Å². The maximum absolute atomic E-state index is 2.52. The molecule has 0 spiro atoms. The molecule has 4 aromatic carbocycles. The summed E-state index contributed by atoms with van der Waals surface area (Å²) in [6.45, 7) is 14.1. The first-order valence-corrected chi connectivity index (χ1v) is 23.0. The standard InChI is InChI=1S/C37H44GeNS/c1-22(2)17-31-27-14-11-24(21-37(4,5)6)18-29(27)23(3)33-35-34-28(15-16-39(35)10)30-20-26(38(7,8)9)13-12-25(30)19-32(34)40-36(31)33/h11-16,18-20,22H,17,21H2,1-10H3/q+1. The van der Waals surface area contributed by atoms with Crippen LogP contribution in [0.5, 0.6) is 0 Å². The summed E-state index contributed by atoms with van der Waals surface area (Å²) in [5.41, 5.74) is 7.49. The molecule has 0 saturated carbocycles. The molecule has 2 heterocycles. The van der Waals surface area contributed by atoms with Crippen molar-refractivity contribution < 1.29 is 4.57 Å². The van der Waals surface area contributed by atoms with E-state index in [9.17, 15) is 0 Å². The Morgan fingerprint density at radius 2 is 1.62 bits per heavy atom. The van der Waals surface area contributed by atoms with Crippen molar-refractivity contribution in [2.24, 2.45) is 18.4 Å². The zero-order valence-corrected chi connectivity index (χ0v) is 29.0. The fourth-order valence-corrected chi connectivity index (χ4v) is 10.5. The van der Waals surface area contributed by atoms with Gasteiger partial charge in [0.1, 0.15) is 0 Å². The molecule has 0 unspecified atom stereocenters. The summed E-state index contributed by atoms with van der Waals surface area (Å²) in [7, 11) is 2.24. The van der Waals surface area contributed by atoms with E-state index in [-0.39, 0.29) is 5.41 Å². The van der Waals surface area contributed by atoms with Gasteiger partial charge in [0.25, 0.3) is 0 Å². The molecule has 1 aliphatic heterocycles. The van der Waals surface area contributed by atoms with Gasteiger partial charge in [0.05, 0.1) is 0 Å². The van der Waals surface area contributed by atoms with Crippen LogP contribution in [-0.4, -0.2) is 13.3 Å². The van der Waals surface area contributed by atoms with Crippen LogP contribution < -0.4 is 8.96 Å². The molecule has 1 aliphatic rings. The van der Waals surface area contributed by atoms with Gasteiger partial charge in [-0.05, 0) is 5.41 Å². The number of fused-ring (bicyclic) bond motifs is 5. The number of hydrogen-bond acceptors (Lipinski definition) is 1. The van der Waals surface area contributed by atoms with E-state index in [1.165, 1.54) is 70.1 Å². The number of aromatic nitrogens is 1. The van der Waals surface area contributed by atoms with Gasteiger partial charge in [-0.1, -0.05) is 20.8 Å². The van der Waals surface area contributed by atoms with Crippen LogP contribution in [0, 0.1) is 18.3 Å². The summed E-state index contributed by atoms with van der Waals surface area (Å²) >= 11 is 0.0553. The van der Waals surface area contributed by atoms with Crippen molar-refractivity contribution >= 4 is 61.7 Å². The molecule has 3 heteroatoms. The Morgan fingerprint density at radius 3 is 2.30 bits per heavy atom. The minimum atomic E-state index is -1.96. The van der Waals surface area contributed by atoms with Crippen LogP contribution in [0.1, 0.15) is 51.3 Å². The molecule has 206 valence electrons. The van der Waals surface area contributed by atoms with Gasteiger partial charge in [-0.25, -0.2) is 0 Å². The van der Waals surface area contributed by atoms with E-state index in [1.807, 2.05) is 11.8 Å². The summed E-state index contributed by atoms with van der Waals surface area (Å²) in [4.78, 5) is 2.87. The third-order valence-electron chi connectivity index (χ3n) is 8.55. The fraction of sp³-hybridized carbons (Fsp3) is 0.378. The average Bonchev–Trinajstić information content (AvgIpc) is 2.85. The zero-order valence-electron chi connectivity index (χ0n) is 26.0. The van der Waals surface area contributed by atoms with E-state index in [0.29, 0.717) is 5.92 Å². The predicted molar refractivity (Wildman–Crippen MR) is 179 cm³/mol. The number of aryl methyl sites for hydroxylation is 2. The quantitative estimate of drug-likeness (QED) is 0.110. The van der Waals surface area contributed by atoms with Gasteiger partial charge in [-0.2, -0.15) is 0 Å². The van der Waals surface area contributed by atoms with Gasteiger partial charge in [-0.15, -0.1) is 0 Å². The zero-order chi connectivity index (χ0) is 28.7. The number of pyridine rings is 1. The van der Waals surface area contributed by atoms with Crippen LogP contribution in [-0.2, 0) is 19.9 Å². The molecule has 6 rings (SSSR count). The van der Waals surface area contributed by atoms with Gasteiger partial charge in [0, 0.05) is 0 Å². The van der Waals surface area contributed by atoms with Crippen LogP contribution in [0.25, 0.3) is 43.6 Å². The molecular formula is C37H44GeNS+. The Balaban J connectivity index is 1.72. The first-order valence-electron chi connectivity index (χ1n) is 14.9. The van der Waals surface area contributed by atoms with E-state index in [0.717, 1.165) is 12.8 Å². The summed E-state index contributed by atoms with van der Waals surface area (Å²) in [5, 5.41) is 8.48. The summed E-state index contributed by atoms with van der Waals surface area (Å²) in [6, 6.07) is 19.5. The molecule has 0 saturated heterocycles. The molecule has 0 bridgehead atoms. The predicted octanol–water partition coefficient (Wildman–Crippen LogP) is 9.74. The normalized spacial score (nSPS) is 13.6. The SMILES string of the molecule is Cc1c2c(c(CC(C)C)c3ccc(CC(C)(C)C)cc13)Sc1cc3cc[c]([Ge]([CH3])([CH3])[CH3])cc3c3cc[n+](C)c-2c13. The Kier molecular flexibility index (Phi) is 6.71. The maximum atomic E-state index is 2.52. The molecule has 0 atom stereocenters. The van der Waals surface area contributed by atoms with Crippen LogP contribution in [0.4, 0.5) is 0 Å². The molecule has 0 amide bonds. The average molecular weight is 607 g/mol. The monoisotopic (exact) mass is 608 g/mol. The summed E-state index contributed by atoms with van der Waals surface area (Å²) < 4.78 is 3.97. The van der Waals surface area contributed by atoms with Crippen molar-refractivity contribution in [1.82, 2.24) is 0 Å². The van der Waals surface area contributed by atoms with Gasteiger partial charge < -0.3 is 0 Å². The molecule has 40 heavy (non-hydrogen) atoms. The second-order valence-electron chi connectivity index (χ2n) is 14.7. The van der Waals surface area contributed by atoms with Crippen molar-refractivity contribution in [2.75, 3.05) is 0 Å². The van der Waals surface area contributed by atoms with E-state index in [4.69, 9.17) is 0 Å². The van der Waals surface area contributed by atoms with E-state index < -0.39 is 13.3 Å². The Labute approximate surface area is 247 Å². The first kappa shape index (κ1) is 27.9. The van der Waals surface area contributed by atoms with E-state index in [2.05, 4.69) is 125 Å². The summed E-state index contributed by atoms with van der Waals surface area (Å²) in [6.07, 6.45) is 4.48. The van der Waals surface area contributed by atoms with Crippen molar-refractivity contribution in [1.29, 1.82) is 0 Å². The van der Waals surface area contributed by atoms with Gasteiger partial charge >= 0.3 is 223 Å². The molecule has 0 fully saturated rings. The van der Waals surface area contributed by atoms with E-state index in [1.54, 1.807) is 4.40 Å². The van der Waals surface area contributed by atoms with Crippen LogP contribution in [0.2, 0.25) is 17.3 Å². The number of nitrogens with zero attached hydrogens (tertiary/aromatic N) is 1. The van der Waals surface area contributed by atoms with Crippen molar-refractivity contribution in [3.63, 3.8) is 0 Å². The Hall–Kier alpha value is -2.30. The van der Waals surface area contributed by atoms with Crippen LogP contribution in [0.3, 0.4) is 0 Å². The van der Waals surface area contributed by atoms with Crippen molar-refractivity contribution in [3.8, 4) is 11.3 Å². The summed E-state index contributed by atoms with van der Waals surface area (Å²) in [5.74, 6) is 8.08. The second kappa shape index (κ2) is 9.63.